The first kappa shape index (κ1) is 10.8. The van der Waals surface area contributed by atoms with Gasteiger partial charge in [-0.3, -0.25) is 0 Å². The largest absolute Gasteiger partial charge is 0.366 e. The highest BCUT2D eigenvalue weighted by Gasteiger charge is 2.19. The van der Waals surface area contributed by atoms with Crippen LogP contribution in [0.1, 0.15) is 11.1 Å². The Balaban J connectivity index is 1.85. The van der Waals surface area contributed by atoms with Crippen molar-refractivity contribution in [2.45, 2.75) is 6.54 Å². The highest BCUT2D eigenvalue weighted by Crippen LogP contribution is 2.32. The van der Waals surface area contributed by atoms with Gasteiger partial charge in [0.1, 0.15) is 0 Å². The molecule has 0 saturated heterocycles. The molecule has 2 heteroatoms. The van der Waals surface area contributed by atoms with Gasteiger partial charge in [-0.25, -0.2) is 0 Å². The lowest BCUT2D eigenvalue weighted by atomic mass is 10.1. The summed E-state index contributed by atoms with van der Waals surface area (Å²) in [5.74, 6) is 0. The lowest BCUT2D eigenvalue weighted by Crippen LogP contribution is -2.19. The zero-order valence-corrected chi connectivity index (χ0v) is 11.0. The number of halogens is 1. The average Bonchev–Trinajstić information content (AvgIpc) is 2.73. The summed E-state index contributed by atoms with van der Waals surface area (Å²) in [6, 6.07) is 17.1. The third kappa shape index (κ3) is 2.22. The molecule has 1 aliphatic rings. The number of nitrogens with zero attached hydrogens (tertiary/aromatic N) is 1. The van der Waals surface area contributed by atoms with E-state index >= 15 is 0 Å². The predicted octanol–water partition coefficient (Wildman–Crippen LogP) is 4.02. The summed E-state index contributed by atoms with van der Waals surface area (Å²) in [5, 5.41) is 0. The highest BCUT2D eigenvalue weighted by molar-refractivity contribution is 9.10. The van der Waals surface area contributed by atoms with Gasteiger partial charge in [0.25, 0.3) is 0 Å². The molecule has 0 aromatic heterocycles. The third-order valence-electron chi connectivity index (χ3n) is 3.08. The second kappa shape index (κ2) is 4.53. The van der Waals surface area contributed by atoms with Gasteiger partial charge >= 0.3 is 0 Å². The van der Waals surface area contributed by atoms with Crippen molar-refractivity contribution in [3.63, 3.8) is 0 Å². The molecule has 17 heavy (non-hydrogen) atoms. The summed E-state index contributed by atoms with van der Waals surface area (Å²) in [4.78, 5) is 2.40. The highest BCUT2D eigenvalue weighted by atomic mass is 79.9. The fraction of sp³-hybridized carbons (Fsp3) is 0.133. The van der Waals surface area contributed by atoms with E-state index in [2.05, 4.69) is 75.8 Å². The van der Waals surface area contributed by atoms with E-state index in [-0.39, 0.29) is 0 Å². The van der Waals surface area contributed by atoms with Gasteiger partial charge in [0.05, 0.1) is 0 Å². The zero-order valence-electron chi connectivity index (χ0n) is 9.44. The van der Waals surface area contributed by atoms with Crippen LogP contribution in [0.2, 0.25) is 0 Å². The molecule has 0 bridgehead atoms. The molecule has 0 amide bonds. The Morgan fingerprint density at radius 2 is 1.88 bits per heavy atom. The molecule has 0 fully saturated rings. The summed E-state index contributed by atoms with van der Waals surface area (Å²) in [6.07, 6.45) is 2.28. The van der Waals surface area contributed by atoms with Gasteiger partial charge in [0, 0.05) is 29.7 Å². The van der Waals surface area contributed by atoms with Crippen molar-refractivity contribution in [2.75, 3.05) is 11.4 Å². The van der Waals surface area contributed by atoms with Gasteiger partial charge in [-0.1, -0.05) is 46.3 Å². The maximum atomic E-state index is 3.51. The van der Waals surface area contributed by atoms with E-state index < -0.39 is 0 Å². The third-order valence-corrected chi connectivity index (χ3v) is 3.57. The zero-order chi connectivity index (χ0) is 11.7. The fourth-order valence-electron chi connectivity index (χ4n) is 2.24. The van der Waals surface area contributed by atoms with Crippen molar-refractivity contribution >= 4 is 21.6 Å². The number of rotatable bonds is 2. The Morgan fingerprint density at radius 3 is 2.71 bits per heavy atom. The van der Waals surface area contributed by atoms with Gasteiger partial charge in [-0.15, -0.1) is 0 Å². The molecule has 1 aliphatic heterocycles. The number of hydrogen-bond acceptors (Lipinski definition) is 1. The Kier molecular flexibility index (Phi) is 2.89. The average molecular weight is 287 g/mol. The number of anilines is 1. The molecule has 0 saturated carbocycles. The van der Waals surface area contributed by atoms with Crippen LogP contribution in [0.15, 0.2) is 53.0 Å². The minimum atomic E-state index is 0.978. The molecule has 2 aromatic rings. The topological polar surface area (TPSA) is 3.24 Å². The fourth-order valence-corrected chi connectivity index (χ4v) is 2.62. The molecule has 0 N–H and O–H groups in total. The summed E-state index contributed by atoms with van der Waals surface area (Å²) < 4.78 is 1.15. The smallest absolute Gasteiger partial charge is 0.0429 e. The van der Waals surface area contributed by atoms with Crippen molar-refractivity contribution in [2.24, 2.45) is 0 Å². The second-order valence-electron chi connectivity index (χ2n) is 4.27. The predicted molar refractivity (Wildman–Crippen MR) is 75.0 cm³/mol. The van der Waals surface area contributed by atoms with Crippen LogP contribution in [-0.4, -0.2) is 6.54 Å². The molecule has 1 radical (unpaired) electrons. The van der Waals surface area contributed by atoms with Crippen molar-refractivity contribution in [1.29, 1.82) is 0 Å². The number of hydrogen-bond donors (Lipinski definition) is 0. The van der Waals surface area contributed by atoms with Crippen LogP contribution >= 0.6 is 15.9 Å². The van der Waals surface area contributed by atoms with E-state index in [0.717, 1.165) is 17.6 Å². The van der Waals surface area contributed by atoms with Crippen molar-refractivity contribution in [1.82, 2.24) is 0 Å². The molecule has 0 unspecified atom stereocenters. The lowest BCUT2D eigenvalue weighted by Gasteiger charge is -2.19. The molecule has 85 valence electrons. The summed E-state index contributed by atoms with van der Waals surface area (Å²) >= 11 is 3.51. The van der Waals surface area contributed by atoms with E-state index in [0.29, 0.717) is 0 Å². The Hall–Kier alpha value is -1.28. The van der Waals surface area contributed by atoms with Gasteiger partial charge < -0.3 is 4.90 Å². The molecular weight excluding hydrogens is 274 g/mol. The number of benzene rings is 2. The molecule has 0 spiro atoms. The van der Waals surface area contributed by atoms with Gasteiger partial charge in [-0.05, 0) is 29.3 Å². The van der Waals surface area contributed by atoms with E-state index in [1.807, 2.05) is 0 Å². The van der Waals surface area contributed by atoms with Crippen LogP contribution in [-0.2, 0) is 6.54 Å². The standard InChI is InChI=1S/C15H13BrN/c16-14-6-7-15-13(10-14)8-9-17(15)11-12-4-2-1-3-5-12/h1-8,10H,9,11H2. The summed E-state index contributed by atoms with van der Waals surface area (Å²) in [7, 11) is 0. The van der Waals surface area contributed by atoms with E-state index in [1.54, 1.807) is 0 Å². The minimum absolute atomic E-state index is 0.978. The maximum Gasteiger partial charge on any atom is 0.0429 e. The van der Waals surface area contributed by atoms with E-state index in [9.17, 15) is 0 Å². The Bertz CT molecular complexity index is 522. The van der Waals surface area contributed by atoms with E-state index in [1.165, 1.54) is 16.8 Å². The molecule has 3 rings (SSSR count). The first-order valence-corrected chi connectivity index (χ1v) is 6.54. The SMILES string of the molecule is Brc1ccc2c(c1)[CH]CN2Cc1ccccc1. The Morgan fingerprint density at radius 1 is 1.06 bits per heavy atom. The molecular formula is C15H13BrN. The summed E-state index contributed by atoms with van der Waals surface area (Å²) in [6.45, 7) is 1.98. The normalized spacial score (nSPS) is 13.8. The molecule has 1 nitrogen and oxygen atoms in total. The van der Waals surface area contributed by atoms with Crippen LogP contribution in [0.3, 0.4) is 0 Å². The Labute approximate surface area is 110 Å². The molecule has 2 aromatic carbocycles. The van der Waals surface area contributed by atoms with Crippen LogP contribution in [0, 0.1) is 6.42 Å². The van der Waals surface area contributed by atoms with Crippen LogP contribution in [0.5, 0.6) is 0 Å². The maximum absolute atomic E-state index is 3.51. The molecule has 0 atom stereocenters. The minimum Gasteiger partial charge on any atom is -0.366 e. The first-order chi connectivity index (χ1) is 8.33. The second-order valence-corrected chi connectivity index (χ2v) is 5.19. The molecule has 1 heterocycles. The quantitative estimate of drug-likeness (QED) is 0.806. The van der Waals surface area contributed by atoms with Crippen molar-refractivity contribution in [3.8, 4) is 0 Å². The van der Waals surface area contributed by atoms with E-state index in [4.69, 9.17) is 0 Å². The van der Waals surface area contributed by atoms with Crippen LogP contribution in [0.4, 0.5) is 5.69 Å². The van der Waals surface area contributed by atoms with Crippen LogP contribution < -0.4 is 4.90 Å². The first-order valence-electron chi connectivity index (χ1n) is 5.74. The van der Waals surface area contributed by atoms with Gasteiger partial charge in [-0.2, -0.15) is 0 Å². The van der Waals surface area contributed by atoms with Gasteiger partial charge in [0.15, 0.2) is 0 Å². The number of fused-ring (bicyclic) bond motifs is 1. The molecule has 0 aliphatic carbocycles. The van der Waals surface area contributed by atoms with Gasteiger partial charge in [0.2, 0.25) is 0 Å². The summed E-state index contributed by atoms with van der Waals surface area (Å²) in [5.41, 5.74) is 4.02. The van der Waals surface area contributed by atoms with Crippen LogP contribution in [0.25, 0.3) is 0 Å². The van der Waals surface area contributed by atoms with Crippen molar-refractivity contribution < 1.29 is 0 Å². The lowest BCUT2D eigenvalue weighted by molar-refractivity contribution is 0.881. The van der Waals surface area contributed by atoms with Crippen molar-refractivity contribution in [3.05, 3.63) is 70.6 Å². The monoisotopic (exact) mass is 286 g/mol.